The molecular weight excluding hydrogens is 232 g/mol. The number of aliphatic hydroxyl groups excluding tert-OH is 1. The molecule has 0 aliphatic heterocycles. The van der Waals surface area contributed by atoms with Crippen molar-refractivity contribution in [2.45, 2.75) is 43.9 Å². The highest BCUT2D eigenvalue weighted by Gasteiger charge is 2.52. The summed E-state index contributed by atoms with van der Waals surface area (Å²) in [5.74, 6) is -7.93. The number of carboxylic acids is 1. The van der Waals surface area contributed by atoms with E-state index in [4.69, 9.17) is 5.11 Å². The first-order chi connectivity index (χ1) is 7.56. The van der Waals surface area contributed by atoms with Crippen molar-refractivity contribution in [3.05, 3.63) is 12.2 Å². The Morgan fingerprint density at radius 1 is 1.29 bits per heavy atom. The molecule has 0 rings (SSSR count). The minimum Gasteiger partial charge on any atom is -0.478 e. The van der Waals surface area contributed by atoms with Crippen LogP contribution in [0.1, 0.15) is 26.2 Å². The molecule has 0 heterocycles. The summed E-state index contributed by atoms with van der Waals surface area (Å²) in [5.41, 5.74) is -0.619. The Hall–Kier alpha value is -0.990. The minimum absolute atomic E-state index is 0.0879. The predicted octanol–water partition coefficient (Wildman–Crippen LogP) is -1.46. The second-order valence-corrected chi connectivity index (χ2v) is 3.93. The van der Waals surface area contributed by atoms with Crippen LogP contribution < -0.4 is 0 Å². The normalized spacial score (nSPS) is 14.5. The fraction of sp³-hybridized carbons (Fsp3) is 0.700. The molecular formula is C10H18O7. The van der Waals surface area contributed by atoms with Gasteiger partial charge in [-0.15, -0.1) is 0 Å². The van der Waals surface area contributed by atoms with Crippen LogP contribution in [-0.4, -0.2) is 54.3 Å². The van der Waals surface area contributed by atoms with Gasteiger partial charge in [-0.25, -0.2) is 4.79 Å². The molecule has 17 heavy (non-hydrogen) atoms. The summed E-state index contributed by atoms with van der Waals surface area (Å²) in [7, 11) is 0. The Kier molecular flexibility index (Phi) is 5.24. The fourth-order valence-electron chi connectivity index (χ4n) is 1.24. The van der Waals surface area contributed by atoms with Crippen LogP contribution in [0.5, 0.6) is 0 Å². The van der Waals surface area contributed by atoms with Gasteiger partial charge < -0.3 is 30.6 Å². The lowest BCUT2D eigenvalue weighted by Gasteiger charge is -2.38. The Labute approximate surface area is 98.3 Å². The largest absolute Gasteiger partial charge is 0.478 e. The van der Waals surface area contributed by atoms with E-state index in [0.29, 0.717) is 6.42 Å². The van der Waals surface area contributed by atoms with Crippen molar-refractivity contribution in [3.63, 3.8) is 0 Å². The molecule has 0 aliphatic carbocycles. The molecule has 0 radical (unpaired) electrons. The molecule has 6 N–H and O–H groups in total. The first-order valence-corrected chi connectivity index (χ1v) is 5.05. The molecule has 0 aromatic rings. The molecule has 7 nitrogen and oxygen atoms in total. The van der Waals surface area contributed by atoms with E-state index in [9.17, 15) is 30.3 Å². The molecule has 100 valence electrons. The third-order valence-electron chi connectivity index (χ3n) is 2.38. The summed E-state index contributed by atoms with van der Waals surface area (Å²) in [5, 5.41) is 55.6. The van der Waals surface area contributed by atoms with Crippen molar-refractivity contribution in [3.8, 4) is 0 Å². The summed E-state index contributed by atoms with van der Waals surface area (Å²) in [6.45, 7) is 4.68. The molecule has 0 amide bonds. The second kappa shape index (κ2) is 5.56. The zero-order valence-corrected chi connectivity index (χ0v) is 9.50. The van der Waals surface area contributed by atoms with Crippen molar-refractivity contribution in [2.75, 3.05) is 0 Å². The van der Waals surface area contributed by atoms with E-state index in [2.05, 4.69) is 6.58 Å². The van der Waals surface area contributed by atoms with Crippen molar-refractivity contribution in [1.82, 2.24) is 0 Å². The molecule has 0 saturated heterocycles. The molecule has 0 spiro atoms. The van der Waals surface area contributed by atoms with E-state index in [-0.39, 0.29) is 6.42 Å². The minimum atomic E-state index is -3.23. The van der Waals surface area contributed by atoms with Crippen molar-refractivity contribution in [1.29, 1.82) is 0 Å². The molecule has 0 saturated carbocycles. The molecule has 7 heteroatoms. The SMILES string of the molecule is C=C(CC(O)(O)C(O)(O)C(O)CCC)C(=O)O. The van der Waals surface area contributed by atoms with Crippen molar-refractivity contribution in [2.24, 2.45) is 0 Å². The van der Waals surface area contributed by atoms with Crippen LogP contribution in [0, 0.1) is 0 Å². The summed E-state index contributed by atoms with van der Waals surface area (Å²) < 4.78 is 0. The van der Waals surface area contributed by atoms with Gasteiger partial charge in [-0.05, 0) is 6.42 Å². The van der Waals surface area contributed by atoms with E-state index < -0.39 is 35.6 Å². The van der Waals surface area contributed by atoms with Crippen LogP contribution in [-0.2, 0) is 4.79 Å². The van der Waals surface area contributed by atoms with Gasteiger partial charge in [-0.2, -0.15) is 0 Å². The number of hydrogen-bond acceptors (Lipinski definition) is 6. The van der Waals surface area contributed by atoms with Gasteiger partial charge in [0.05, 0.1) is 0 Å². The van der Waals surface area contributed by atoms with Crippen LogP contribution in [0.3, 0.4) is 0 Å². The number of rotatable bonds is 7. The summed E-state index contributed by atoms with van der Waals surface area (Å²) in [6.07, 6.45) is -2.53. The second-order valence-electron chi connectivity index (χ2n) is 3.93. The van der Waals surface area contributed by atoms with Crippen LogP contribution in [0.2, 0.25) is 0 Å². The predicted molar refractivity (Wildman–Crippen MR) is 56.6 cm³/mol. The Bertz CT molecular complexity index is 295. The Balaban J connectivity index is 4.89. The molecule has 0 aliphatic rings. The first kappa shape index (κ1) is 16.0. The van der Waals surface area contributed by atoms with Gasteiger partial charge in [0.1, 0.15) is 6.10 Å². The highest BCUT2D eigenvalue weighted by atomic mass is 16.6. The van der Waals surface area contributed by atoms with Gasteiger partial charge in [0.2, 0.25) is 11.6 Å². The monoisotopic (exact) mass is 250 g/mol. The van der Waals surface area contributed by atoms with Gasteiger partial charge in [-0.3, -0.25) is 0 Å². The maximum absolute atomic E-state index is 10.5. The highest BCUT2D eigenvalue weighted by Crippen LogP contribution is 2.29. The lowest BCUT2D eigenvalue weighted by atomic mass is 9.91. The molecule has 0 aromatic carbocycles. The van der Waals surface area contributed by atoms with Gasteiger partial charge in [-0.1, -0.05) is 19.9 Å². The number of carbonyl (C=O) groups is 1. The van der Waals surface area contributed by atoms with Crippen LogP contribution in [0.4, 0.5) is 0 Å². The first-order valence-electron chi connectivity index (χ1n) is 5.05. The Morgan fingerprint density at radius 2 is 1.76 bits per heavy atom. The Morgan fingerprint density at radius 3 is 2.12 bits per heavy atom. The molecule has 0 bridgehead atoms. The number of aliphatic carboxylic acids is 1. The summed E-state index contributed by atoms with van der Waals surface area (Å²) in [6, 6.07) is 0. The van der Waals surface area contributed by atoms with E-state index in [0.717, 1.165) is 0 Å². The summed E-state index contributed by atoms with van der Waals surface area (Å²) >= 11 is 0. The van der Waals surface area contributed by atoms with Gasteiger partial charge >= 0.3 is 5.97 Å². The zero-order valence-electron chi connectivity index (χ0n) is 9.50. The average Bonchev–Trinajstić information content (AvgIpc) is 2.16. The quantitative estimate of drug-likeness (QED) is 0.240. The number of aliphatic hydroxyl groups is 5. The van der Waals surface area contributed by atoms with E-state index in [1.54, 1.807) is 6.92 Å². The average molecular weight is 250 g/mol. The molecule has 1 atom stereocenters. The number of hydrogen-bond donors (Lipinski definition) is 6. The standard InChI is InChI=1S/C10H18O7/c1-3-4-7(11)10(16,17)9(14,15)5-6(2)8(12)13/h7,11,14-17H,2-5H2,1H3,(H,12,13). The smallest absolute Gasteiger partial charge is 0.331 e. The lowest BCUT2D eigenvalue weighted by Crippen LogP contribution is -2.61. The van der Waals surface area contributed by atoms with Crippen LogP contribution in [0.15, 0.2) is 12.2 Å². The maximum Gasteiger partial charge on any atom is 0.331 e. The van der Waals surface area contributed by atoms with Crippen LogP contribution in [0.25, 0.3) is 0 Å². The van der Waals surface area contributed by atoms with E-state index in [1.807, 2.05) is 0 Å². The van der Waals surface area contributed by atoms with Gasteiger partial charge in [0, 0.05) is 12.0 Å². The van der Waals surface area contributed by atoms with Gasteiger partial charge in [0.15, 0.2) is 0 Å². The molecule has 0 fully saturated rings. The number of carboxylic acid groups (broad SMARTS) is 1. The topological polar surface area (TPSA) is 138 Å². The van der Waals surface area contributed by atoms with Crippen molar-refractivity contribution < 1.29 is 35.4 Å². The van der Waals surface area contributed by atoms with Crippen molar-refractivity contribution >= 4 is 5.97 Å². The zero-order chi connectivity index (χ0) is 13.9. The third kappa shape index (κ3) is 3.76. The lowest BCUT2D eigenvalue weighted by molar-refractivity contribution is -0.383. The van der Waals surface area contributed by atoms with E-state index in [1.165, 1.54) is 0 Å². The molecule has 0 aromatic heterocycles. The highest BCUT2D eigenvalue weighted by molar-refractivity contribution is 5.85. The third-order valence-corrected chi connectivity index (χ3v) is 2.38. The summed E-state index contributed by atoms with van der Waals surface area (Å²) in [4.78, 5) is 10.5. The molecule has 1 unspecified atom stereocenters. The maximum atomic E-state index is 10.5. The van der Waals surface area contributed by atoms with E-state index >= 15 is 0 Å². The van der Waals surface area contributed by atoms with Gasteiger partial charge in [0.25, 0.3) is 0 Å². The fourth-order valence-corrected chi connectivity index (χ4v) is 1.24. The van der Waals surface area contributed by atoms with Crippen LogP contribution >= 0.6 is 0 Å².